The smallest absolute Gasteiger partial charge is 0.377 e. The van der Waals surface area contributed by atoms with Crippen LogP contribution < -0.4 is 21.3 Å². The number of hydrogen-bond acceptors (Lipinski definition) is 10. The molecule has 200 valence electrons. The minimum atomic E-state index is -4.79. The molecule has 1 amide bonds. The van der Waals surface area contributed by atoms with Crippen molar-refractivity contribution in [2.75, 3.05) is 54.9 Å². The number of ether oxygens (including phenoxy) is 1. The number of nitrogen functional groups attached to an aromatic ring is 1. The summed E-state index contributed by atoms with van der Waals surface area (Å²) in [5.41, 5.74) is 12.6. The van der Waals surface area contributed by atoms with Gasteiger partial charge in [0.1, 0.15) is 5.82 Å². The third kappa shape index (κ3) is 4.63. The minimum Gasteiger partial charge on any atom is -0.377 e. The van der Waals surface area contributed by atoms with Crippen LogP contribution in [0.5, 0.6) is 0 Å². The van der Waals surface area contributed by atoms with Gasteiger partial charge >= 0.3 is 6.18 Å². The number of aromatic nitrogens is 4. The van der Waals surface area contributed by atoms with E-state index >= 15 is 0 Å². The van der Waals surface area contributed by atoms with Crippen molar-refractivity contribution >= 4 is 23.6 Å². The highest BCUT2D eigenvalue weighted by Crippen LogP contribution is 2.42. The predicted molar refractivity (Wildman–Crippen MR) is 130 cm³/mol. The zero-order valence-corrected chi connectivity index (χ0v) is 20.7. The highest BCUT2D eigenvalue weighted by atomic mass is 19.4. The molecule has 0 saturated carbocycles. The Morgan fingerprint density at radius 3 is 2.62 bits per heavy atom. The molecule has 3 atom stereocenters. The fraction of sp³-hybridized carbons (Fsp3) is 0.609. The zero-order chi connectivity index (χ0) is 26.5. The molecule has 3 aliphatic rings. The Kier molecular flexibility index (Phi) is 6.34. The number of morpholine rings is 1. The van der Waals surface area contributed by atoms with Gasteiger partial charge in [0.05, 0.1) is 30.5 Å². The van der Waals surface area contributed by atoms with Crippen LogP contribution in [-0.2, 0) is 16.0 Å². The van der Waals surface area contributed by atoms with Gasteiger partial charge in [0, 0.05) is 49.7 Å². The molecule has 4 N–H and O–H groups in total. The molecule has 0 aliphatic carbocycles. The Morgan fingerprint density at radius 2 is 1.95 bits per heavy atom. The fourth-order valence-corrected chi connectivity index (χ4v) is 5.31. The highest BCUT2D eigenvalue weighted by molar-refractivity contribution is 5.83. The van der Waals surface area contributed by atoms with Gasteiger partial charge in [-0.15, -0.1) is 0 Å². The first-order valence-corrected chi connectivity index (χ1v) is 12.2. The van der Waals surface area contributed by atoms with Gasteiger partial charge in [0.25, 0.3) is 0 Å². The van der Waals surface area contributed by atoms with Gasteiger partial charge in [0.15, 0.2) is 6.04 Å². The topological polar surface area (TPSA) is 140 Å². The third-order valence-electron chi connectivity index (χ3n) is 7.42. The largest absolute Gasteiger partial charge is 0.412 e. The SMILES string of the molecule is C[C@H]1COCCN1c1nc(-c2cnc(N)nc2)c2c(n1)N([C@@]1(C)CCN(C(=O)[C@@H](N)C(F)(F)F)C1)CC2. The number of anilines is 3. The van der Waals surface area contributed by atoms with Crippen LogP contribution in [-0.4, -0.2) is 93.9 Å². The lowest BCUT2D eigenvalue weighted by Crippen LogP contribution is -2.54. The monoisotopic (exact) mass is 521 g/mol. The quantitative estimate of drug-likeness (QED) is 0.599. The van der Waals surface area contributed by atoms with Gasteiger partial charge in [-0.2, -0.15) is 18.2 Å². The van der Waals surface area contributed by atoms with Crippen molar-refractivity contribution in [3.63, 3.8) is 0 Å². The molecule has 11 nitrogen and oxygen atoms in total. The summed E-state index contributed by atoms with van der Waals surface area (Å²) in [4.78, 5) is 36.0. The first kappa shape index (κ1) is 25.4. The molecule has 5 heterocycles. The molecule has 2 fully saturated rings. The molecule has 0 radical (unpaired) electrons. The Balaban J connectivity index is 1.51. The van der Waals surface area contributed by atoms with E-state index in [-0.39, 0.29) is 25.1 Å². The van der Waals surface area contributed by atoms with E-state index in [9.17, 15) is 18.0 Å². The van der Waals surface area contributed by atoms with Gasteiger partial charge in [0.2, 0.25) is 17.8 Å². The lowest BCUT2D eigenvalue weighted by atomic mass is 9.99. The van der Waals surface area contributed by atoms with Crippen LogP contribution in [0.3, 0.4) is 0 Å². The van der Waals surface area contributed by atoms with Crippen molar-refractivity contribution in [1.29, 1.82) is 0 Å². The number of rotatable bonds is 4. The molecule has 0 bridgehead atoms. The molecule has 2 aromatic heterocycles. The standard InChI is InChI=1S/C23H30F3N9O2/c1-13-11-37-8-7-34(13)21-31-16(14-9-29-20(28)30-10-14)15-3-5-35(18(15)32-21)22(2)4-6-33(12-22)19(36)17(27)23(24,25)26/h9-10,13,17H,3-8,11-12,27H2,1-2H3,(H2,28,29,30)/t13-,17+,22-/m0/s1. The van der Waals surface area contributed by atoms with Crippen molar-refractivity contribution in [3.05, 3.63) is 18.0 Å². The Bertz CT molecular complexity index is 1180. The third-order valence-corrected chi connectivity index (χ3v) is 7.42. The summed E-state index contributed by atoms with van der Waals surface area (Å²) in [6.45, 7) is 6.56. The van der Waals surface area contributed by atoms with Crippen LogP contribution in [0.2, 0.25) is 0 Å². The summed E-state index contributed by atoms with van der Waals surface area (Å²) in [5, 5.41) is 0. The van der Waals surface area contributed by atoms with Gasteiger partial charge in [-0.05, 0) is 26.7 Å². The molecule has 0 spiro atoms. The van der Waals surface area contributed by atoms with E-state index in [1.807, 2.05) is 13.8 Å². The molecule has 2 aromatic rings. The van der Waals surface area contributed by atoms with Crippen molar-refractivity contribution in [2.24, 2.45) is 5.73 Å². The molecule has 0 aromatic carbocycles. The summed E-state index contributed by atoms with van der Waals surface area (Å²) >= 11 is 0. The zero-order valence-electron chi connectivity index (χ0n) is 20.7. The van der Waals surface area contributed by atoms with Gasteiger partial charge in [-0.3, -0.25) is 4.79 Å². The van der Waals surface area contributed by atoms with E-state index in [0.717, 1.165) is 5.56 Å². The molecule has 37 heavy (non-hydrogen) atoms. The van der Waals surface area contributed by atoms with Gasteiger partial charge in [-0.1, -0.05) is 0 Å². The molecule has 3 aliphatic heterocycles. The molecule has 5 rings (SSSR count). The minimum absolute atomic E-state index is 0.0520. The normalized spacial score (nSPS) is 24.9. The Morgan fingerprint density at radius 1 is 1.22 bits per heavy atom. The van der Waals surface area contributed by atoms with Crippen LogP contribution in [0.1, 0.15) is 25.8 Å². The summed E-state index contributed by atoms with van der Waals surface area (Å²) in [6.07, 6.45) is -0.439. The number of nitrogens with two attached hydrogens (primary N) is 2. The number of fused-ring (bicyclic) bond motifs is 1. The second-order valence-corrected chi connectivity index (χ2v) is 10.0. The highest BCUT2D eigenvalue weighted by Gasteiger charge is 2.49. The summed E-state index contributed by atoms with van der Waals surface area (Å²) in [6, 6.07) is -2.48. The maximum atomic E-state index is 13.1. The second-order valence-electron chi connectivity index (χ2n) is 10.0. The number of alkyl halides is 3. The van der Waals surface area contributed by atoms with Crippen LogP contribution in [0.25, 0.3) is 11.3 Å². The predicted octanol–water partition coefficient (Wildman–Crippen LogP) is 0.984. The molecule has 0 unspecified atom stereocenters. The number of amides is 1. The molecular weight excluding hydrogens is 491 g/mol. The second kappa shape index (κ2) is 9.24. The average Bonchev–Trinajstić information content (AvgIpc) is 3.47. The first-order chi connectivity index (χ1) is 17.5. The number of nitrogens with zero attached hydrogens (tertiary/aromatic N) is 7. The van der Waals surface area contributed by atoms with Crippen LogP contribution in [0.4, 0.5) is 30.9 Å². The van der Waals surface area contributed by atoms with Crippen LogP contribution in [0.15, 0.2) is 12.4 Å². The number of likely N-dealkylation sites (tertiary alicyclic amines) is 1. The first-order valence-electron chi connectivity index (χ1n) is 12.2. The van der Waals surface area contributed by atoms with Crippen molar-refractivity contribution < 1.29 is 22.7 Å². The molecular formula is C23H30F3N9O2. The van der Waals surface area contributed by atoms with Crippen LogP contribution in [0, 0.1) is 0 Å². The van der Waals surface area contributed by atoms with Crippen LogP contribution >= 0.6 is 0 Å². The number of hydrogen-bond donors (Lipinski definition) is 2. The maximum absolute atomic E-state index is 13.1. The maximum Gasteiger partial charge on any atom is 0.412 e. The summed E-state index contributed by atoms with van der Waals surface area (Å²) < 4.78 is 44.9. The van der Waals surface area contributed by atoms with E-state index in [0.29, 0.717) is 62.2 Å². The number of carbonyl (C=O) groups excluding carboxylic acids is 1. The van der Waals surface area contributed by atoms with E-state index in [2.05, 4.69) is 19.8 Å². The molecule has 14 heteroatoms. The number of carbonyl (C=O) groups is 1. The Hall–Kier alpha value is -3.26. The lowest BCUT2D eigenvalue weighted by molar-refractivity contribution is -0.169. The van der Waals surface area contributed by atoms with Gasteiger partial charge in [-0.25, -0.2) is 15.0 Å². The average molecular weight is 522 g/mol. The van der Waals surface area contributed by atoms with Crippen molar-refractivity contribution in [3.8, 4) is 11.3 Å². The van der Waals surface area contributed by atoms with Crippen molar-refractivity contribution in [2.45, 2.75) is 50.5 Å². The van der Waals surface area contributed by atoms with E-state index in [1.165, 1.54) is 4.90 Å². The summed E-state index contributed by atoms with van der Waals surface area (Å²) in [7, 11) is 0. The van der Waals surface area contributed by atoms with E-state index < -0.39 is 23.7 Å². The molecule has 2 saturated heterocycles. The summed E-state index contributed by atoms with van der Waals surface area (Å²) in [5.74, 6) is 0.272. The van der Waals surface area contributed by atoms with Gasteiger partial charge < -0.3 is 30.9 Å². The lowest BCUT2D eigenvalue weighted by Gasteiger charge is -2.38. The van der Waals surface area contributed by atoms with Crippen molar-refractivity contribution in [1.82, 2.24) is 24.8 Å². The fourth-order valence-electron chi connectivity index (χ4n) is 5.31. The number of halogens is 3. The Labute approximate surface area is 212 Å². The van der Waals surface area contributed by atoms with E-state index in [1.54, 1.807) is 12.4 Å². The van der Waals surface area contributed by atoms with E-state index in [4.69, 9.17) is 26.2 Å².